The van der Waals surface area contributed by atoms with Gasteiger partial charge in [0.1, 0.15) is 17.7 Å². The second kappa shape index (κ2) is 9.56. The molecule has 9 heteroatoms. The maximum atomic E-state index is 9.72. The van der Waals surface area contributed by atoms with E-state index in [0.29, 0.717) is 49.1 Å². The summed E-state index contributed by atoms with van der Waals surface area (Å²) in [4.78, 5) is 17.0. The van der Waals surface area contributed by atoms with Gasteiger partial charge in [0.2, 0.25) is 0 Å². The van der Waals surface area contributed by atoms with Gasteiger partial charge < -0.3 is 29.5 Å². The van der Waals surface area contributed by atoms with E-state index in [4.69, 9.17) is 29.2 Å². The highest BCUT2D eigenvalue weighted by atomic mass is 16.5. The fourth-order valence-electron chi connectivity index (χ4n) is 4.37. The summed E-state index contributed by atoms with van der Waals surface area (Å²) in [6.45, 7) is 6.22. The van der Waals surface area contributed by atoms with Crippen LogP contribution < -0.4 is 15.0 Å². The number of nitrogens with one attached hydrogen (secondary N) is 1. The first-order chi connectivity index (χ1) is 16.2. The topological polar surface area (TPSA) is 102 Å². The summed E-state index contributed by atoms with van der Waals surface area (Å²) in [6, 6.07) is 9.88. The lowest BCUT2D eigenvalue weighted by molar-refractivity contribution is 0.0223. The van der Waals surface area contributed by atoms with E-state index in [9.17, 15) is 5.11 Å². The summed E-state index contributed by atoms with van der Waals surface area (Å²) in [6.07, 6.45) is -0.217. The maximum absolute atomic E-state index is 9.72. The molecule has 5 rings (SSSR count). The molecule has 9 nitrogen and oxygen atoms in total. The lowest BCUT2D eigenvalue weighted by atomic mass is 10.1. The molecular formula is C24H29N5O4. The van der Waals surface area contributed by atoms with Gasteiger partial charge in [0, 0.05) is 30.8 Å². The maximum Gasteiger partial charge on any atom is 0.165 e. The Bertz CT molecular complexity index is 1140. The number of morpholine rings is 2. The minimum absolute atomic E-state index is 0.109. The number of rotatable bonds is 5. The molecular weight excluding hydrogens is 422 g/mol. The van der Waals surface area contributed by atoms with Crippen molar-refractivity contribution in [3.8, 4) is 17.0 Å². The van der Waals surface area contributed by atoms with Crippen LogP contribution in [-0.4, -0.2) is 72.7 Å². The van der Waals surface area contributed by atoms with E-state index in [0.717, 1.165) is 35.6 Å². The zero-order valence-corrected chi connectivity index (χ0v) is 19.0. The minimum atomic E-state index is -0.217. The summed E-state index contributed by atoms with van der Waals surface area (Å²) >= 11 is 0. The number of pyridine rings is 1. The summed E-state index contributed by atoms with van der Waals surface area (Å²) in [5.74, 6) is 2.15. The van der Waals surface area contributed by atoms with Crippen LogP contribution in [0.5, 0.6) is 5.75 Å². The number of methoxy groups -OCH3 is 1. The Balaban J connectivity index is 1.62. The molecule has 2 aromatic heterocycles. The molecule has 0 radical (unpaired) electrons. The molecule has 2 aliphatic heterocycles. The lowest BCUT2D eigenvalue weighted by Crippen LogP contribution is -2.44. The van der Waals surface area contributed by atoms with Crippen molar-refractivity contribution in [1.82, 2.24) is 20.3 Å². The molecule has 3 aromatic rings. The third-order valence-corrected chi connectivity index (χ3v) is 6.16. The summed E-state index contributed by atoms with van der Waals surface area (Å²) in [7, 11) is 1.59. The smallest absolute Gasteiger partial charge is 0.165 e. The second-order valence-corrected chi connectivity index (χ2v) is 8.34. The number of benzene rings is 1. The number of hydrogen-bond donors (Lipinski definition) is 2. The number of aliphatic hydroxyl groups excluding tert-OH is 1. The van der Waals surface area contributed by atoms with Crippen LogP contribution in [0, 0.1) is 0 Å². The number of fused-ring (bicyclic) bond motifs is 1. The van der Waals surface area contributed by atoms with Gasteiger partial charge in [0.15, 0.2) is 11.5 Å². The van der Waals surface area contributed by atoms with Crippen molar-refractivity contribution in [2.45, 2.75) is 25.7 Å². The largest absolute Gasteiger partial charge is 0.496 e. The van der Waals surface area contributed by atoms with Gasteiger partial charge in [0.05, 0.1) is 50.7 Å². The zero-order valence-electron chi connectivity index (χ0n) is 19.0. The first-order valence-electron chi connectivity index (χ1n) is 11.3. The van der Waals surface area contributed by atoms with Gasteiger partial charge >= 0.3 is 0 Å². The third kappa shape index (κ3) is 4.37. The Hall–Kier alpha value is -2.85. The van der Waals surface area contributed by atoms with E-state index in [2.05, 4.69) is 17.1 Å². The van der Waals surface area contributed by atoms with Crippen molar-refractivity contribution >= 4 is 16.9 Å². The van der Waals surface area contributed by atoms with Gasteiger partial charge in [0.25, 0.3) is 0 Å². The van der Waals surface area contributed by atoms with Crippen LogP contribution in [0.3, 0.4) is 0 Å². The van der Waals surface area contributed by atoms with Gasteiger partial charge in [-0.25, -0.2) is 15.0 Å². The molecule has 1 aromatic carbocycles. The standard InChI is InChI=1S/C24H29N5O4/c1-15-14-32-10-8-29(15)24-18-4-5-19(16-3-6-20(31-2)17(11-16)13-30)26-22(18)27-23(28-24)21-12-25-7-9-33-21/h3-6,11,15,21,25,30H,7-10,12-14H2,1-2H3/t15-,21?/m0/s1. The van der Waals surface area contributed by atoms with Crippen LogP contribution in [0.1, 0.15) is 24.4 Å². The molecule has 0 amide bonds. The predicted molar refractivity (Wildman–Crippen MR) is 124 cm³/mol. The summed E-state index contributed by atoms with van der Waals surface area (Å²) < 4.78 is 16.9. The van der Waals surface area contributed by atoms with E-state index < -0.39 is 0 Å². The summed E-state index contributed by atoms with van der Waals surface area (Å²) in [5.41, 5.74) is 3.00. The molecule has 33 heavy (non-hydrogen) atoms. The second-order valence-electron chi connectivity index (χ2n) is 8.34. The molecule has 0 spiro atoms. The molecule has 0 saturated carbocycles. The van der Waals surface area contributed by atoms with Crippen LogP contribution in [0.15, 0.2) is 30.3 Å². The summed E-state index contributed by atoms with van der Waals surface area (Å²) in [5, 5.41) is 14.0. The van der Waals surface area contributed by atoms with E-state index in [1.165, 1.54) is 0 Å². The average Bonchev–Trinajstić information content (AvgIpc) is 2.88. The van der Waals surface area contributed by atoms with Crippen molar-refractivity contribution in [2.24, 2.45) is 0 Å². The highest BCUT2D eigenvalue weighted by molar-refractivity contribution is 5.89. The zero-order chi connectivity index (χ0) is 22.8. The van der Waals surface area contributed by atoms with E-state index in [1.807, 2.05) is 30.3 Å². The average molecular weight is 452 g/mol. The SMILES string of the molecule is COc1ccc(-c2ccc3c(N4CCOC[C@@H]4C)nc(C4CNCCO4)nc3n2)cc1CO. The molecule has 2 saturated heterocycles. The molecule has 0 bridgehead atoms. The predicted octanol–water partition coefficient (Wildman–Crippen LogP) is 2.08. The Morgan fingerprint density at radius 2 is 2.09 bits per heavy atom. The van der Waals surface area contributed by atoms with E-state index >= 15 is 0 Å². The first kappa shape index (κ1) is 22.0. The normalized spacial score (nSPS) is 21.4. The van der Waals surface area contributed by atoms with Crippen LogP contribution >= 0.6 is 0 Å². The van der Waals surface area contributed by atoms with E-state index in [-0.39, 0.29) is 18.8 Å². The Labute approximate surface area is 192 Å². The quantitative estimate of drug-likeness (QED) is 0.604. The molecule has 4 heterocycles. The Morgan fingerprint density at radius 3 is 2.85 bits per heavy atom. The van der Waals surface area contributed by atoms with Gasteiger partial charge in [-0.05, 0) is 37.3 Å². The molecule has 2 atom stereocenters. The van der Waals surface area contributed by atoms with Crippen molar-refractivity contribution in [2.75, 3.05) is 51.5 Å². The van der Waals surface area contributed by atoms with Crippen LogP contribution in [0.25, 0.3) is 22.3 Å². The number of hydrogen-bond acceptors (Lipinski definition) is 9. The molecule has 2 N–H and O–H groups in total. The highest BCUT2D eigenvalue weighted by Crippen LogP contribution is 2.32. The molecule has 174 valence electrons. The van der Waals surface area contributed by atoms with Gasteiger partial charge in [-0.3, -0.25) is 0 Å². The van der Waals surface area contributed by atoms with Gasteiger partial charge in [-0.2, -0.15) is 0 Å². The number of anilines is 1. The fraction of sp³-hybridized carbons (Fsp3) is 0.458. The Kier molecular flexibility index (Phi) is 6.37. The van der Waals surface area contributed by atoms with Crippen molar-refractivity contribution < 1.29 is 19.3 Å². The number of ether oxygens (including phenoxy) is 3. The highest BCUT2D eigenvalue weighted by Gasteiger charge is 2.27. The number of aromatic nitrogens is 3. The van der Waals surface area contributed by atoms with Crippen LogP contribution in [-0.2, 0) is 16.1 Å². The Morgan fingerprint density at radius 1 is 1.18 bits per heavy atom. The number of aliphatic hydroxyl groups is 1. The third-order valence-electron chi connectivity index (χ3n) is 6.16. The first-order valence-corrected chi connectivity index (χ1v) is 11.3. The van der Waals surface area contributed by atoms with Crippen LogP contribution in [0.4, 0.5) is 5.82 Å². The van der Waals surface area contributed by atoms with Crippen molar-refractivity contribution in [1.29, 1.82) is 0 Å². The van der Waals surface area contributed by atoms with Crippen molar-refractivity contribution in [3.63, 3.8) is 0 Å². The van der Waals surface area contributed by atoms with Crippen molar-refractivity contribution in [3.05, 3.63) is 41.7 Å². The van der Waals surface area contributed by atoms with Crippen LogP contribution in [0.2, 0.25) is 0 Å². The minimum Gasteiger partial charge on any atom is -0.496 e. The monoisotopic (exact) mass is 451 g/mol. The molecule has 2 fully saturated rings. The van der Waals surface area contributed by atoms with Gasteiger partial charge in [-0.1, -0.05) is 0 Å². The molecule has 0 aliphatic carbocycles. The van der Waals surface area contributed by atoms with Gasteiger partial charge in [-0.15, -0.1) is 0 Å². The molecule has 1 unspecified atom stereocenters. The molecule has 2 aliphatic rings. The number of nitrogens with zero attached hydrogens (tertiary/aromatic N) is 4. The van der Waals surface area contributed by atoms with E-state index in [1.54, 1.807) is 7.11 Å². The fourth-order valence-corrected chi connectivity index (χ4v) is 4.37. The lowest BCUT2D eigenvalue weighted by Gasteiger charge is -2.35.